The minimum Gasteiger partial charge on any atom is -0.356 e. The molecule has 17 heavy (non-hydrogen) atoms. The van der Waals surface area contributed by atoms with E-state index in [1.165, 1.54) is 0 Å². The molecule has 0 aromatic carbocycles. The second kappa shape index (κ2) is 10.8. The number of amides is 2. The van der Waals surface area contributed by atoms with Gasteiger partial charge >= 0.3 is 0 Å². The van der Waals surface area contributed by atoms with Gasteiger partial charge in [0, 0.05) is 39.8 Å². The molecule has 104 valence electrons. The Morgan fingerprint density at radius 3 is 2.12 bits per heavy atom. The van der Waals surface area contributed by atoms with Gasteiger partial charge in [0.05, 0.1) is 0 Å². The maximum Gasteiger partial charge on any atom is 0.221 e. The molecule has 0 saturated carbocycles. The highest BCUT2D eigenvalue weighted by Crippen LogP contribution is 2.22. The third kappa shape index (κ3) is 11.9. The maximum atomic E-state index is 11.3. The summed E-state index contributed by atoms with van der Waals surface area (Å²) in [4.78, 5) is 22.4. The second-order valence-corrected chi connectivity index (χ2v) is 6.52. The molecule has 4 nitrogen and oxygen atoms in total. The summed E-state index contributed by atoms with van der Waals surface area (Å²) in [6, 6.07) is 0.206. The Balaban J connectivity index is -0.00000128. The quantitative estimate of drug-likeness (QED) is 0.503. The maximum absolute atomic E-state index is 11.3. The van der Waals surface area contributed by atoms with Crippen molar-refractivity contribution in [1.82, 2.24) is 10.6 Å². The first-order chi connectivity index (χ1) is 8.06. The normalized spacial score (nSPS) is 10.4. The van der Waals surface area contributed by atoms with E-state index in [1.807, 2.05) is 20.8 Å². The summed E-state index contributed by atoms with van der Waals surface area (Å²) in [5.74, 6) is 1.77. The first-order valence-electron chi connectivity index (χ1n) is 5.86. The van der Waals surface area contributed by atoms with Gasteiger partial charge in [0.15, 0.2) is 0 Å². The fourth-order valence-electron chi connectivity index (χ4n) is 1.07. The Labute approximate surface area is 114 Å². The van der Waals surface area contributed by atoms with E-state index in [9.17, 15) is 9.59 Å². The fourth-order valence-corrected chi connectivity index (χ4v) is 3.05. The van der Waals surface area contributed by atoms with Crippen molar-refractivity contribution in [3.63, 3.8) is 0 Å². The van der Waals surface area contributed by atoms with E-state index >= 15 is 0 Å². The van der Waals surface area contributed by atoms with Crippen LogP contribution < -0.4 is 10.6 Å². The molecule has 0 bridgehead atoms. The van der Waals surface area contributed by atoms with Crippen molar-refractivity contribution in [2.75, 3.05) is 18.1 Å². The predicted octanol–water partition coefficient (Wildman–Crippen LogP) is 2.30. The van der Waals surface area contributed by atoms with Crippen molar-refractivity contribution < 1.29 is 12.4 Å². The van der Waals surface area contributed by atoms with E-state index in [0.29, 0.717) is 19.4 Å². The third-order valence-electron chi connectivity index (χ3n) is 1.73. The molecule has 0 radical (unpaired) electrons. The molecule has 0 aliphatic heterocycles. The molecule has 0 spiro atoms. The lowest BCUT2D eigenvalue weighted by atomic mass is 10.3. The molecule has 0 aliphatic rings. The molecule has 0 saturated heterocycles. The average Bonchev–Trinajstić information content (AvgIpc) is 2.22. The average molecular weight is 282 g/mol. The molecule has 0 rings (SSSR count). The topological polar surface area (TPSA) is 58.2 Å². The molecule has 2 N–H and O–H groups in total. The Morgan fingerprint density at radius 1 is 1.12 bits per heavy atom. The Bertz CT molecular complexity index is 245. The number of nitrogens with one attached hydrogen (secondary N) is 2. The predicted molar refractivity (Wildman–Crippen MR) is 80.3 cm³/mol. The standard InChI is InChI=1S/C11H22N2O2S2.2H2/c1-4-12-10(14)5-7-16-17-8-6-11(15)13-9(2)3;;/h9H,4-8H2,1-3H3,(H,12,14)(H,13,15);2*1H. The summed E-state index contributed by atoms with van der Waals surface area (Å²) in [5.41, 5.74) is 0. The van der Waals surface area contributed by atoms with Crippen LogP contribution in [-0.2, 0) is 9.59 Å². The molecule has 0 aromatic heterocycles. The lowest BCUT2D eigenvalue weighted by Gasteiger charge is -2.07. The summed E-state index contributed by atoms with van der Waals surface area (Å²) in [6.07, 6.45) is 1.08. The summed E-state index contributed by atoms with van der Waals surface area (Å²) < 4.78 is 0. The van der Waals surface area contributed by atoms with Crippen LogP contribution in [0.3, 0.4) is 0 Å². The Hall–Kier alpha value is -0.360. The molecule has 0 heterocycles. The summed E-state index contributed by atoms with van der Waals surface area (Å²) >= 11 is 0. The van der Waals surface area contributed by atoms with Crippen molar-refractivity contribution in [3.05, 3.63) is 0 Å². The monoisotopic (exact) mass is 282 g/mol. The van der Waals surface area contributed by atoms with Gasteiger partial charge in [-0.1, -0.05) is 21.6 Å². The van der Waals surface area contributed by atoms with Gasteiger partial charge in [0.25, 0.3) is 0 Å². The number of rotatable bonds is 9. The van der Waals surface area contributed by atoms with Crippen LogP contribution in [-0.4, -0.2) is 35.9 Å². The fraction of sp³-hybridized carbons (Fsp3) is 0.818. The minimum absolute atomic E-state index is 0. The number of carbonyl (C=O) groups excluding carboxylic acids is 2. The first-order valence-corrected chi connectivity index (χ1v) is 8.35. The van der Waals surface area contributed by atoms with E-state index in [0.717, 1.165) is 11.5 Å². The molecule has 0 unspecified atom stereocenters. The molecule has 2 amide bonds. The van der Waals surface area contributed by atoms with E-state index in [4.69, 9.17) is 0 Å². The van der Waals surface area contributed by atoms with Gasteiger partial charge in [-0.3, -0.25) is 9.59 Å². The highest BCUT2D eigenvalue weighted by molar-refractivity contribution is 8.76. The smallest absolute Gasteiger partial charge is 0.221 e. The SMILES string of the molecule is CCNC(=O)CCSSCCC(=O)NC(C)C.[HH].[HH]. The van der Waals surface area contributed by atoms with Gasteiger partial charge in [-0.15, -0.1) is 0 Å². The Kier molecular flexibility index (Phi) is 10.5. The van der Waals surface area contributed by atoms with Gasteiger partial charge in [0.1, 0.15) is 0 Å². The van der Waals surface area contributed by atoms with Crippen molar-refractivity contribution in [1.29, 1.82) is 0 Å². The zero-order chi connectivity index (χ0) is 13.1. The van der Waals surface area contributed by atoms with Crippen LogP contribution >= 0.6 is 21.6 Å². The van der Waals surface area contributed by atoms with Crippen LogP contribution in [0.1, 0.15) is 36.5 Å². The summed E-state index contributed by atoms with van der Waals surface area (Å²) in [5, 5.41) is 5.59. The van der Waals surface area contributed by atoms with Gasteiger partial charge in [-0.25, -0.2) is 0 Å². The van der Waals surface area contributed by atoms with Gasteiger partial charge < -0.3 is 10.6 Å². The van der Waals surface area contributed by atoms with E-state index < -0.39 is 0 Å². The molecular formula is C11H26N2O2S2. The molecule has 0 aromatic rings. The van der Waals surface area contributed by atoms with Gasteiger partial charge in [0.2, 0.25) is 11.8 Å². The highest BCUT2D eigenvalue weighted by Gasteiger charge is 2.03. The molecular weight excluding hydrogens is 256 g/mol. The number of hydrogen-bond donors (Lipinski definition) is 2. The van der Waals surface area contributed by atoms with Crippen molar-refractivity contribution in [3.8, 4) is 0 Å². The third-order valence-corrected chi connectivity index (χ3v) is 4.14. The summed E-state index contributed by atoms with van der Waals surface area (Å²) in [6.45, 7) is 6.50. The van der Waals surface area contributed by atoms with Gasteiger partial charge in [-0.05, 0) is 20.8 Å². The van der Waals surface area contributed by atoms with Crippen LogP contribution in [0, 0.1) is 0 Å². The lowest BCUT2D eigenvalue weighted by Crippen LogP contribution is -2.30. The van der Waals surface area contributed by atoms with Crippen LogP contribution in [0.25, 0.3) is 0 Å². The van der Waals surface area contributed by atoms with Crippen molar-refractivity contribution in [2.24, 2.45) is 0 Å². The minimum atomic E-state index is 0. The van der Waals surface area contributed by atoms with Crippen molar-refractivity contribution in [2.45, 2.75) is 39.7 Å². The molecule has 0 fully saturated rings. The molecule has 0 aliphatic carbocycles. The number of hydrogen-bond acceptors (Lipinski definition) is 4. The zero-order valence-electron chi connectivity index (χ0n) is 10.7. The van der Waals surface area contributed by atoms with Crippen LogP contribution in [0.5, 0.6) is 0 Å². The number of carbonyl (C=O) groups is 2. The van der Waals surface area contributed by atoms with E-state index in [-0.39, 0.29) is 20.7 Å². The molecule has 6 heteroatoms. The zero-order valence-corrected chi connectivity index (χ0v) is 12.4. The Morgan fingerprint density at radius 2 is 1.65 bits per heavy atom. The van der Waals surface area contributed by atoms with Crippen LogP contribution in [0.2, 0.25) is 0 Å². The molecule has 0 atom stereocenters. The van der Waals surface area contributed by atoms with E-state index in [2.05, 4.69) is 10.6 Å². The first kappa shape index (κ1) is 16.6. The van der Waals surface area contributed by atoms with Crippen LogP contribution in [0.4, 0.5) is 0 Å². The van der Waals surface area contributed by atoms with Gasteiger partial charge in [-0.2, -0.15) is 0 Å². The lowest BCUT2D eigenvalue weighted by molar-refractivity contribution is -0.121. The van der Waals surface area contributed by atoms with Crippen LogP contribution in [0.15, 0.2) is 0 Å². The van der Waals surface area contributed by atoms with E-state index in [1.54, 1.807) is 21.6 Å². The largest absolute Gasteiger partial charge is 0.356 e. The summed E-state index contributed by atoms with van der Waals surface area (Å²) in [7, 11) is 3.29. The second-order valence-electron chi connectivity index (χ2n) is 3.82. The highest BCUT2D eigenvalue weighted by atomic mass is 33.1. The van der Waals surface area contributed by atoms with Crippen molar-refractivity contribution >= 4 is 33.4 Å².